The predicted molar refractivity (Wildman–Crippen MR) is 67.9 cm³/mol. The largest absolute Gasteiger partial charge is 0.383 e. The first kappa shape index (κ1) is 13.4. The van der Waals surface area contributed by atoms with E-state index in [4.69, 9.17) is 21.1 Å². The molecule has 1 saturated heterocycles. The maximum Gasteiger partial charge on any atom is 0.270 e. The van der Waals surface area contributed by atoms with Gasteiger partial charge < -0.3 is 19.4 Å². The number of halogens is 1. The van der Waals surface area contributed by atoms with Gasteiger partial charge in [0.25, 0.3) is 5.91 Å². The highest BCUT2D eigenvalue weighted by atomic mass is 35.5. The first-order valence-electron chi connectivity index (χ1n) is 5.82. The summed E-state index contributed by atoms with van der Waals surface area (Å²) in [6.45, 7) is 1.10. The van der Waals surface area contributed by atoms with E-state index in [1.165, 1.54) is 0 Å². The van der Waals surface area contributed by atoms with Crippen molar-refractivity contribution in [2.45, 2.75) is 18.6 Å². The molecule has 5 nitrogen and oxygen atoms in total. The molecule has 2 atom stereocenters. The third-order valence-electron chi connectivity index (χ3n) is 3.21. The number of nitrogens with one attached hydrogen (secondary N) is 1. The van der Waals surface area contributed by atoms with Crippen molar-refractivity contribution in [3.63, 3.8) is 0 Å². The number of ether oxygens (including phenoxy) is 2. The van der Waals surface area contributed by atoms with Gasteiger partial charge in [0.05, 0.1) is 23.8 Å². The van der Waals surface area contributed by atoms with Gasteiger partial charge in [0.1, 0.15) is 5.69 Å². The summed E-state index contributed by atoms with van der Waals surface area (Å²) >= 11 is 5.81. The average molecular weight is 273 g/mol. The second kappa shape index (κ2) is 5.73. The van der Waals surface area contributed by atoms with E-state index in [-0.39, 0.29) is 18.1 Å². The van der Waals surface area contributed by atoms with Gasteiger partial charge in [-0.05, 0) is 12.5 Å². The molecule has 100 valence electrons. The smallest absolute Gasteiger partial charge is 0.270 e. The first-order chi connectivity index (χ1) is 8.65. The molecule has 1 aromatic heterocycles. The summed E-state index contributed by atoms with van der Waals surface area (Å²) in [4.78, 5) is 17.0. The van der Waals surface area contributed by atoms with Crippen molar-refractivity contribution in [3.8, 4) is 0 Å². The molecule has 1 aliphatic rings. The highest BCUT2D eigenvalue weighted by Gasteiger charge is 2.36. The number of rotatable bonds is 4. The number of H-pyrrole nitrogens is 1. The van der Waals surface area contributed by atoms with Crippen LogP contribution in [0, 0.1) is 0 Å². The number of likely N-dealkylation sites (tertiary alicyclic amines) is 1. The molecular weight excluding hydrogens is 256 g/mol. The van der Waals surface area contributed by atoms with Gasteiger partial charge >= 0.3 is 0 Å². The highest BCUT2D eigenvalue weighted by Crippen LogP contribution is 2.23. The highest BCUT2D eigenvalue weighted by molar-refractivity contribution is 6.30. The van der Waals surface area contributed by atoms with Crippen LogP contribution in [0.3, 0.4) is 0 Å². The van der Waals surface area contributed by atoms with Crippen molar-refractivity contribution in [2.24, 2.45) is 0 Å². The molecule has 1 amide bonds. The van der Waals surface area contributed by atoms with Gasteiger partial charge in [-0.25, -0.2) is 0 Å². The van der Waals surface area contributed by atoms with Crippen molar-refractivity contribution in [1.29, 1.82) is 0 Å². The van der Waals surface area contributed by atoms with E-state index < -0.39 is 0 Å². The normalized spacial score (nSPS) is 23.6. The third kappa shape index (κ3) is 2.68. The molecule has 2 rings (SSSR count). The lowest BCUT2D eigenvalue weighted by Gasteiger charge is -2.23. The lowest BCUT2D eigenvalue weighted by Crippen LogP contribution is -2.38. The number of hydrogen-bond donors (Lipinski definition) is 1. The number of aromatic amines is 1. The van der Waals surface area contributed by atoms with E-state index in [9.17, 15) is 4.79 Å². The molecule has 0 saturated carbocycles. The molecule has 0 aliphatic carbocycles. The van der Waals surface area contributed by atoms with Crippen LogP contribution in [0.5, 0.6) is 0 Å². The number of methoxy groups -OCH3 is 2. The second-order valence-electron chi connectivity index (χ2n) is 4.39. The molecule has 0 unspecified atom stereocenters. The van der Waals surface area contributed by atoms with Gasteiger partial charge in [-0.1, -0.05) is 11.6 Å². The van der Waals surface area contributed by atoms with E-state index in [2.05, 4.69) is 4.98 Å². The van der Waals surface area contributed by atoms with Gasteiger partial charge in [0, 0.05) is 27.0 Å². The molecule has 18 heavy (non-hydrogen) atoms. The Morgan fingerprint density at radius 3 is 2.94 bits per heavy atom. The summed E-state index contributed by atoms with van der Waals surface area (Å²) in [5.41, 5.74) is 0.498. The zero-order valence-electron chi connectivity index (χ0n) is 10.5. The molecule has 1 aromatic rings. The van der Waals surface area contributed by atoms with Crippen molar-refractivity contribution < 1.29 is 14.3 Å². The fraction of sp³-hybridized carbons (Fsp3) is 0.583. The molecule has 0 radical (unpaired) electrons. The Balaban J connectivity index is 2.12. The Labute approximate surface area is 111 Å². The van der Waals surface area contributed by atoms with Crippen LogP contribution in [0.1, 0.15) is 16.9 Å². The minimum absolute atomic E-state index is 0.0505. The zero-order valence-corrected chi connectivity index (χ0v) is 11.2. The van der Waals surface area contributed by atoms with Crippen LogP contribution in [0.4, 0.5) is 0 Å². The molecule has 1 aliphatic heterocycles. The number of amides is 1. The Bertz CT molecular complexity index is 421. The van der Waals surface area contributed by atoms with E-state index in [0.717, 1.165) is 6.42 Å². The van der Waals surface area contributed by atoms with E-state index in [0.29, 0.717) is 23.9 Å². The minimum atomic E-state index is -0.0662. The second-order valence-corrected chi connectivity index (χ2v) is 4.83. The van der Waals surface area contributed by atoms with Crippen LogP contribution in [-0.2, 0) is 9.47 Å². The van der Waals surface area contributed by atoms with E-state index in [1.807, 2.05) is 0 Å². The lowest BCUT2D eigenvalue weighted by atomic mass is 10.2. The number of aromatic nitrogens is 1. The maximum atomic E-state index is 12.3. The van der Waals surface area contributed by atoms with Crippen molar-refractivity contribution in [1.82, 2.24) is 9.88 Å². The fourth-order valence-corrected chi connectivity index (χ4v) is 2.45. The van der Waals surface area contributed by atoms with Gasteiger partial charge in [0.2, 0.25) is 0 Å². The predicted octanol–water partition coefficient (Wildman–Crippen LogP) is 1.54. The van der Waals surface area contributed by atoms with Crippen LogP contribution in [0.2, 0.25) is 5.02 Å². The zero-order chi connectivity index (χ0) is 13.1. The third-order valence-corrected chi connectivity index (χ3v) is 3.43. The number of hydrogen-bond acceptors (Lipinski definition) is 3. The quantitative estimate of drug-likeness (QED) is 0.905. The summed E-state index contributed by atoms with van der Waals surface area (Å²) in [6, 6.07) is 1.68. The van der Waals surface area contributed by atoms with Crippen molar-refractivity contribution in [2.75, 3.05) is 27.4 Å². The molecule has 0 aromatic carbocycles. The number of carbonyl (C=O) groups is 1. The Hall–Kier alpha value is -1.04. The van der Waals surface area contributed by atoms with Crippen LogP contribution >= 0.6 is 11.6 Å². The summed E-state index contributed by atoms with van der Waals surface area (Å²) in [5, 5.41) is 0.532. The summed E-state index contributed by atoms with van der Waals surface area (Å²) in [7, 11) is 3.29. The monoisotopic (exact) mass is 272 g/mol. The molecule has 6 heteroatoms. The Kier molecular flexibility index (Phi) is 4.27. The molecule has 2 heterocycles. The summed E-state index contributed by atoms with van der Waals surface area (Å²) < 4.78 is 10.5. The van der Waals surface area contributed by atoms with Gasteiger partial charge in [-0.3, -0.25) is 4.79 Å². The summed E-state index contributed by atoms with van der Waals surface area (Å²) in [6.07, 6.45) is 2.47. The Morgan fingerprint density at radius 1 is 1.61 bits per heavy atom. The lowest BCUT2D eigenvalue weighted by molar-refractivity contribution is 0.0607. The summed E-state index contributed by atoms with van der Waals surface area (Å²) in [5.74, 6) is -0.0662. The van der Waals surface area contributed by atoms with E-state index >= 15 is 0 Å². The molecule has 0 bridgehead atoms. The molecule has 1 N–H and O–H groups in total. The SMILES string of the molecule is COC[C@@H]1C[C@H](OC)CN1C(=O)c1cc(Cl)c[nH]1. The van der Waals surface area contributed by atoms with E-state index in [1.54, 1.807) is 31.4 Å². The van der Waals surface area contributed by atoms with Gasteiger partial charge in [-0.2, -0.15) is 0 Å². The Morgan fingerprint density at radius 2 is 2.39 bits per heavy atom. The number of carbonyl (C=O) groups excluding carboxylic acids is 1. The standard InChI is InChI=1S/C12H17ClN2O3/c1-17-7-9-4-10(18-2)6-15(9)12(16)11-3-8(13)5-14-11/h3,5,9-10,14H,4,6-7H2,1-2H3/t9-,10-/m0/s1. The first-order valence-corrected chi connectivity index (χ1v) is 6.20. The van der Waals surface area contributed by atoms with Crippen LogP contribution in [-0.4, -0.2) is 55.3 Å². The van der Waals surface area contributed by atoms with Crippen molar-refractivity contribution in [3.05, 3.63) is 23.0 Å². The van der Waals surface area contributed by atoms with Gasteiger partial charge in [0.15, 0.2) is 0 Å². The molecule has 0 spiro atoms. The molecule has 1 fully saturated rings. The fourth-order valence-electron chi connectivity index (χ4n) is 2.29. The minimum Gasteiger partial charge on any atom is -0.383 e. The van der Waals surface area contributed by atoms with Crippen molar-refractivity contribution >= 4 is 17.5 Å². The topological polar surface area (TPSA) is 54.6 Å². The van der Waals surface area contributed by atoms with Crippen LogP contribution in [0.15, 0.2) is 12.3 Å². The maximum absolute atomic E-state index is 12.3. The average Bonchev–Trinajstić information content (AvgIpc) is 2.95. The molecular formula is C12H17ClN2O3. The van der Waals surface area contributed by atoms with Gasteiger partial charge in [-0.15, -0.1) is 0 Å². The van der Waals surface area contributed by atoms with Crippen LogP contribution in [0.25, 0.3) is 0 Å². The number of nitrogens with zero attached hydrogens (tertiary/aromatic N) is 1. The van der Waals surface area contributed by atoms with Crippen LogP contribution < -0.4 is 0 Å².